The number of nitrogens with zero attached hydrogens (tertiary/aromatic N) is 1. The molecule has 0 unspecified atom stereocenters. The van der Waals surface area contributed by atoms with Crippen molar-refractivity contribution in [3.8, 4) is 0 Å². The lowest BCUT2D eigenvalue weighted by Gasteiger charge is -2.32. The van der Waals surface area contributed by atoms with Gasteiger partial charge < -0.3 is 19.9 Å². The van der Waals surface area contributed by atoms with Gasteiger partial charge in [0.15, 0.2) is 0 Å². The maximum atomic E-state index is 12.7. The van der Waals surface area contributed by atoms with E-state index in [2.05, 4.69) is 41.4 Å². The zero-order valence-corrected chi connectivity index (χ0v) is 17.4. The highest BCUT2D eigenvalue weighted by atomic mass is 16.5. The molecule has 5 heteroatoms. The lowest BCUT2D eigenvalue weighted by atomic mass is 10.0. The van der Waals surface area contributed by atoms with E-state index in [0.29, 0.717) is 6.54 Å². The summed E-state index contributed by atoms with van der Waals surface area (Å²) >= 11 is 0. The van der Waals surface area contributed by atoms with Crippen molar-refractivity contribution in [2.75, 3.05) is 51.8 Å². The number of carbonyl (C=O) groups is 1. The number of hydrogen-bond acceptors (Lipinski definition) is 3. The molecule has 0 aliphatic carbocycles. The lowest BCUT2D eigenvalue weighted by molar-refractivity contribution is -0.937. The molecule has 1 aliphatic heterocycles. The normalized spacial score (nSPS) is 15.9. The first-order valence-electron chi connectivity index (χ1n) is 10.0. The molecule has 1 saturated heterocycles. The lowest BCUT2D eigenvalue weighted by Crippen LogP contribution is -3.15. The number of hydrogen-bond donors (Lipinski definition) is 2. The summed E-state index contributed by atoms with van der Waals surface area (Å²) in [6.07, 6.45) is 0. The van der Waals surface area contributed by atoms with Crippen molar-refractivity contribution >= 4 is 11.6 Å². The molecule has 5 nitrogen and oxygen atoms in total. The number of rotatable bonds is 6. The van der Waals surface area contributed by atoms with Gasteiger partial charge in [0.25, 0.3) is 5.91 Å². The molecule has 0 aromatic heterocycles. The van der Waals surface area contributed by atoms with Crippen LogP contribution in [0, 0.1) is 13.8 Å². The fraction of sp³-hybridized carbons (Fsp3) is 0.435. The molecule has 0 spiro atoms. The van der Waals surface area contributed by atoms with Crippen LogP contribution in [0.4, 0.5) is 5.69 Å². The summed E-state index contributed by atoms with van der Waals surface area (Å²) in [5.41, 5.74) is 5.50. The maximum Gasteiger partial charge on any atom is 0.251 e. The Kier molecular flexibility index (Phi) is 6.70. The van der Waals surface area contributed by atoms with E-state index in [9.17, 15) is 4.79 Å². The number of benzene rings is 2. The van der Waals surface area contributed by atoms with Crippen molar-refractivity contribution in [2.24, 2.45) is 0 Å². The van der Waals surface area contributed by atoms with E-state index in [1.54, 1.807) is 0 Å². The van der Waals surface area contributed by atoms with E-state index in [1.807, 2.05) is 39.2 Å². The molecule has 2 aromatic rings. The van der Waals surface area contributed by atoms with Gasteiger partial charge in [-0.05, 0) is 49.2 Å². The number of quaternary nitrogens is 1. The van der Waals surface area contributed by atoms with E-state index >= 15 is 0 Å². The summed E-state index contributed by atoms with van der Waals surface area (Å²) in [5, 5.41) is 3.17. The second kappa shape index (κ2) is 9.22. The highest BCUT2D eigenvalue weighted by molar-refractivity contribution is 5.94. The van der Waals surface area contributed by atoms with Crippen molar-refractivity contribution in [3.63, 3.8) is 0 Å². The van der Waals surface area contributed by atoms with Gasteiger partial charge in [-0.3, -0.25) is 4.79 Å². The van der Waals surface area contributed by atoms with Crippen LogP contribution < -0.4 is 15.1 Å². The molecule has 1 aliphatic rings. The predicted octanol–water partition coefficient (Wildman–Crippen LogP) is 1.76. The molecule has 2 N–H and O–H groups in total. The molecule has 0 saturated carbocycles. The van der Waals surface area contributed by atoms with Gasteiger partial charge in [-0.1, -0.05) is 18.2 Å². The Morgan fingerprint density at radius 1 is 1.07 bits per heavy atom. The second-order valence-electron chi connectivity index (χ2n) is 7.82. The first kappa shape index (κ1) is 20.4. The van der Waals surface area contributed by atoms with Crippen molar-refractivity contribution in [2.45, 2.75) is 19.9 Å². The summed E-state index contributed by atoms with van der Waals surface area (Å²) in [4.78, 5) is 16.3. The summed E-state index contributed by atoms with van der Waals surface area (Å²) in [6, 6.07) is 14.8. The molecule has 150 valence electrons. The van der Waals surface area contributed by atoms with E-state index in [0.717, 1.165) is 37.4 Å². The number of carbonyl (C=O) groups excluding carboxylic acids is 1. The van der Waals surface area contributed by atoms with E-state index < -0.39 is 0 Å². The second-order valence-corrected chi connectivity index (χ2v) is 7.82. The Hall–Kier alpha value is -2.37. The minimum absolute atomic E-state index is 0.00864. The van der Waals surface area contributed by atoms with Crippen molar-refractivity contribution < 1.29 is 14.4 Å². The average Bonchev–Trinajstić information content (AvgIpc) is 2.71. The minimum Gasteiger partial charge on any atom is -0.378 e. The van der Waals surface area contributed by atoms with Crippen LogP contribution in [0.25, 0.3) is 0 Å². The van der Waals surface area contributed by atoms with Crippen LogP contribution in [-0.2, 0) is 4.74 Å². The Morgan fingerprint density at radius 2 is 1.75 bits per heavy atom. The van der Waals surface area contributed by atoms with Gasteiger partial charge in [0.1, 0.15) is 19.1 Å². The van der Waals surface area contributed by atoms with Crippen LogP contribution in [0.5, 0.6) is 0 Å². The number of anilines is 1. The molecule has 28 heavy (non-hydrogen) atoms. The van der Waals surface area contributed by atoms with E-state index in [-0.39, 0.29) is 11.9 Å². The van der Waals surface area contributed by atoms with Crippen molar-refractivity contribution in [1.29, 1.82) is 0 Å². The van der Waals surface area contributed by atoms with Crippen molar-refractivity contribution in [1.82, 2.24) is 5.32 Å². The Bertz CT molecular complexity index is 796. The topological polar surface area (TPSA) is 46.0 Å². The number of ether oxygens (including phenoxy) is 1. The number of nitrogens with one attached hydrogen (secondary N) is 2. The summed E-state index contributed by atoms with van der Waals surface area (Å²) < 4.78 is 5.54. The van der Waals surface area contributed by atoms with Gasteiger partial charge in [0.05, 0.1) is 19.8 Å². The monoisotopic (exact) mass is 382 g/mol. The largest absolute Gasteiger partial charge is 0.378 e. The van der Waals surface area contributed by atoms with Gasteiger partial charge in [-0.15, -0.1) is 0 Å². The Balaban J connectivity index is 1.75. The van der Waals surface area contributed by atoms with Crippen LogP contribution >= 0.6 is 0 Å². The first-order valence-corrected chi connectivity index (χ1v) is 10.0. The molecule has 3 rings (SSSR count). The molecule has 0 bridgehead atoms. The van der Waals surface area contributed by atoms with Crippen LogP contribution in [0.2, 0.25) is 0 Å². The third-order valence-corrected chi connectivity index (χ3v) is 5.68. The van der Waals surface area contributed by atoms with E-state index in [1.165, 1.54) is 21.7 Å². The van der Waals surface area contributed by atoms with Crippen LogP contribution in [0.3, 0.4) is 0 Å². The first-order chi connectivity index (χ1) is 13.5. The molecular weight excluding hydrogens is 350 g/mol. The maximum absolute atomic E-state index is 12.7. The van der Waals surface area contributed by atoms with Gasteiger partial charge in [-0.2, -0.15) is 0 Å². The molecule has 0 radical (unpaired) electrons. The third-order valence-electron chi connectivity index (χ3n) is 5.68. The third kappa shape index (κ3) is 4.91. The zero-order chi connectivity index (χ0) is 20.1. The summed E-state index contributed by atoms with van der Waals surface area (Å²) in [7, 11) is 4.09. The fourth-order valence-corrected chi connectivity index (χ4v) is 3.66. The standard InChI is InChI=1S/C23H31N3O2/c1-17-5-6-20(15-18(17)2)23(27)24-16-22(26-11-13-28-14-12-26)19-7-9-21(10-8-19)25(3)4/h5-10,15,22H,11-14,16H2,1-4H3,(H,24,27)/p+1/t22-/m0/s1. The minimum atomic E-state index is -0.00864. The summed E-state index contributed by atoms with van der Waals surface area (Å²) in [5.74, 6) is -0.00864. The molecule has 1 fully saturated rings. The molecule has 1 heterocycles. The van der Waals surface area contributed by atoms with Gasteiger partial charge in [-0.25, -0.2) is 0 Å². The van der Waals surface area contributed by atoms with Crippen molar-refractivity contribution in [3.05, 3.63) is 64.7 Å². The van der Waals surface area contributed by atoms with Gasteiger partial charge >= 0.3 is 0 Å². The molecule has 1 amide bonds. The molecular formula is C23H32N3O2+. The molecule has 1 atom stereocenters. The van der Waals surface area contributed by atoms with Crippen LogP contribution in [0.15, 0.2) is 42.5 Å². The Labute approximate surface area is 168 Å². The van der Waals surface area contributed by atoms with Crippen LogP contribution in [0.1, 0.15) is 33.1 Å². The number of aryl methyl sites for hydroxylation is 2. The smallest absolute Gasteiger partial charge is 0.251 e. The SMILES string of the molecule is Cc1ccc(C(=O)NC[C@@H](c2ccc(N(C)C)cc2)[NH+]2CCOCC2)cc1C. The predicted molar refractivity (Wildman–Crippen MR) is 113 cm³/mol. The fourth-order valence-electron chi connectivity index (χ4n) is 3.66. The number of amides is 1. The Morgan fingerprint density at radius 3 is 2.36 bits per heavy atom. The van der Waals surface area contributed by atoms with Gasteiger partial charge in [0.2, 0.25) is 0 Å². The zero-order valence-electron chi connectivity index (χ0n) is 17.4. The van der Waals surface area contributed by atoms with Crippen LogP contribution in [-0.4, -0.2) is 52.9 Å². The van der Waals surface area contributed by atoms with Gasteiger partial charge in [0, 0.05) is 30.9 Å². The van der Waals surface area contributed by atoms with E-state index in [4.69, 9.17) is 4.74 Å². The average molecular weight is 383 g/mol. The number of morpholine rings is 1. The quantitative estimate of drug-likeness (QED) is 0.800. The summed E-state index contributed by atoms with van der Waals surface area (Å²) in [6.45, 7) is 8.17. The highest BCUT2D eigenvalue weighted by Crippen LogP contribution is 2.17. The molecule has 2 aromatic carbocycles. The highest BCUT2D eigenvalue weighted by Gasteiger charge is 2.27.